The van der Waals surface area contributed by atoms with Gasteiger partial charge in [-0.05, 0) is 45.4 Å². The molecule has 3 aromatic rings. The van der Waals surface area contributed by atoms with Crippen molar-refractivity contribution >= 4 is 28.5 Å². The fourth-order valence-corrected chi connectivity index (χ4v) is 2.26. The third kappa shape index (κ3) is 3.27. The highest BCUT2D eigenvalue weighted by atomic mass is 15.3. The van der Waals surface area contributed by atoms with Crippen LogP contribution in [-0.4, -0.2) is 32.5 Å². The van der Waals surface area contributed by atoms with Crippen LogP contribution in [0.25, 0.3) is 11.0 Å². The topological polar surface area (TPSA) is 66.8 Å². The van der Waals surface area contributed by atoms with Crippen molar-refractivity contribution in [3.8, 4) is 0 Å². The Hall–Kier alpha value is -2.76. The number of fused-ring (bicyclic) bond motifs is 1. The Morgan fingerprint density at radius 2 is 1.88 bits per heavy atom. The van der Waals surface area contributed by atoms with Crippen LogP contribution in [0.5, 0.6) is 0 Å². The van der Waals surface area contributed by atoms with Crippen molar-refractivity contribution in [1.82, 2.24) is 19.9 Å². The van der Waals surface area contributed by atoms with E-state index in [4.69, 9.17) is 0 Å². The maximum absolute atomic E-state index is 4.69. The average Bonchev–Trinajstić information content (AvgIpc) is 2.53. The molecule has 0 bridgehead atoms. The van der Waals surface area contributed by atoms with Crippen molar-refractivity contribution in [3.63, 3.8) is 0 Å². The third-order valence-corrected chi connectivity index (χ3v) is 3.95. The van der Waals surface area contributed by atoms with E-state index in [9.17, 15) is 0 Å². The molecule has 0 aliphatic rings. The number of aromatic nitrogens is 4. The predicted octanol–water partition coefficient (Wildman–Crippen LogP) is 3.71. The molecule has 2 aromatic heterocycles. The fourth-order valence-electron chi connectivity index (χ4n) is 2.26. The SMILES string of the molecule is Cc1cccc(Nc2ncnc3cnc(N(C)C(C)(C)C)nc23)c1. The van der Waals surface area contributed by atoms with Gasteiger partial charge >= 0.3 is 0 Å². The molecular weight excluding hydrogens is 300 g/mol. The molecule has 0 aliphatic heterocycles. The smallest absolute Gasteiger partial charge is 0.226 e. The van der Waals surface area contributed by atoms with Gasteiger partial charge < -0.3 is 10.2 Å². The van der Waals surface area contributed by atoms with Crippen molar-refractivity contribution in [2.45, 2.75) is 33.2 Å². The minimum absolute atomic E-state index is 0.0759. The van der Waals surface area contributed by atoms with Gasteiger partial charge in [0.2, 0.25) is 5.95 Å². The second-order valence-electron chi connectivity index (χ2n) is 6.85. The summed E-state index contributed by atoms with van der Waals surface area (Å²) in [6.45, 7) is 8.41. The summed E-state index contributed by atoms with van der Waals surface area (Å²) in [5.41, 5.74) is 3.50. The summed E-state index contributed by atoms with van der Waals surface area (Å²) in [4.78, 5) is 19.8. The van der Waals surface area contributed by atoms with Gasteiger partial charge in [0.15, 0.2) is 5.82 Å². The van der Waals surface area contributed by atoms with E-state index in [1.165, 1.54) is 11.9 Å². The van der Waals surface area contributed by atoms with Gasteiger partial charge in [0.25, 0.3) is 0 Å². The Labute approximate surface area is 142 Å². The first-order valence-electron chi connectivity index (χ1n) is 7.90. The summed E-state index contributed by atoms with van der Waals surface area (Å²) in [5.74, 6) is 1.33. The number of anilines is 3. The number of benzene rings is 1. The van der Waals surface area contributed by atoms with Crippen molar-refractivity contribution in [1.29, 1.82) is 0 Å². The van der Waals surface area contributed by atoms with E-state index in [0.29, 0.717) is 22.8 Å². The summed E-state index contributed by atoms with van der Waals surface area (Å²) in [6, 6.07) is 8.14. The molecule has 6 nitrogen and oxygen atoms in total. The molecule has 6 heteroatoms. The van der Waals surface area contributed by atoms with Crippen LogP contribution in [-0.2, 0) is 0 Å². The number of hydrogen-bond acceptors (Lipinski definition) is 6. The molecule has 124 valence electrons. The lowest BCUT2D eigenvalue weighted by Gasteiger charge is -2.31. The molecule has 0 amide bonds. The largest absolute Gasteiger partial charge is 0.339 e. The molecule has 0 unspecified atom stereocenters. The molecule has 0 fully saturated rings. The molecule has 0 atom stereocenters. The standard InChI is InChI=1S/C18H22N6/c1-12-7-6-8-13(9-12)22-16-15-14(20-11-21-16)10-19-17(23-15)24(5)18(2,3)4/h6-11H,1-5H3,(H,20,21,22). The highest BCUT2D eigenvalue weighted by molar-refractivity contribution is 5.87. The molecular formula is C18H22N6. The zero-order valence-corrected chi connectivity index (χ0v) is 14.7. The maximum Gasteiger partial charge on any atom is 0.226 e. The van der Waals surface area contributed by atoms with Crippen LogP contribution in [0, 0.1) is 6.92 Å². The first-order chi connectivity index (χ1) is 11.3. The summed E-state index contributed by atoms with van der Waals surface area (Å²) in [7, 11) is 1.98. The lowest BCUT2D eigenvalue weighted by atomic mass is 10.1. The Morgan fingerprint density at radius 1 is 1.08 bits per heavy atom. The van der Waals surface area contributed by atoms with Gasteiger partial charge in [-0.25, -0.2) is 19.9 Å². The van der Waals surface area contributed by atoms with E-state index in [1.807, 2.05) is 24.1 Å². The molecule has 0 spiro atoms. The molecule has 24 heavy (non-hydrogen) atoms. The lowest BCUT2D eigenvalue weighted by molar-refractivity contribution is 0.529. The van der Waals surface area contributed by atoms with Crippen molar-refractivity contribution in [2.24, 2.45) is 0 Å². The van der Waals surface area contributed by atoms with Gasteiger partial charge in [0, 0.05) is 18.3 Å². The quantitative estimate of drug-likeness (QED) is 0.793. The van der Waals surface area contributed by atoms with Crippen molar-refractivity contribution in [2.75, 3.05) is 17.3 Å². The molecule has 0 saturated carbocycles. The van der Waals surface area contributed by atoms with Crippen molar-refractivity contribution < 1.29 is 0 Å². The highest BCUT2D eigenvalue weighted by Gasteiger charge is 2.20. The fraction of sp³-hybridized carbons (Fsp3) is 0.333. The Kier molecular flexibility index (Phi) is 4.05. The van der Waals surface area contributed by atoms with Gasteiger partial charge in [-0.1, -0.05) is 12.1 Å². The first kappa shape index (κ1) is 16.1. The average molecular weight is 322 g/mol. The molecule has 1 N–H and O–H groups in total. The highest BCUT2D eigenvalue weighted by Crippen LogP contribution is 2.24. The monoisotopic (exact) mass is 322 g/mol. The number of rotatable bonds is 3. The zero-order valence-electron chi connectivity index (χ0n) is 14.7. The number of aryl methyl sites for hydroxylation is 1. The summed E-state index contributed by atoms with van der Waals surface area (Å²) < 4.78 is 0. The van der Waals surface area contributed by atoms with E-state index in [0.717, 1.165) is 5.69 Å². The normalized spacial score (nSPS) is 11.5. The second kappa shape index (κ2) is 6.03. The van der Waals surface area contributed by atoms with Gasteiger partial charge in [0.1, 0.15) is 17.4 Å². The first-order valence-corrected chi connectivity index (χ1v) is 7.90. The Morgan fingerprint density at radius 3 is 2.58 bits per heavy atom. The van der Waals surface area contributed by atoms with Crippen LogP contribution in [0.3, 0.4) is 0 Å². The van der Waals surface area contributed by atoms with Crippen LogP contribution in [0.15, 0.2) is 36.8 Å². The van der Waals surface area contributed by atoms with Crippen molar-refractivity contribution in [3.05, 3.63) is 42.4 Å². The van der Waals surface area contributed by atoms with Crippen LogP contribution in [0.1, 0.15) is 26.3 Å². The van der Waals surface area contributed by atoms with E-state index in [1.54, 1.807) is 6.20 Å². The van der Waals surface area contributed by atoms with Crippen LogP contribution < -0.4 is 10.2 Å². The van der Waals surface area contributed by atoms with E-state index >= 15 is 0 Å². The molecule has 0 aliphatic carbocycles. The minimum atomic E-state index is -0.0759. The van der Waals surface area contributed by atoms with Gasteiger partial charge in [-0.15, -0.1) is 0 Å². The van der Waals surface area contributed by atoms with E-state index in [-0.39, 0.29) is 5.54 Å². The minimum Gasteiger partial charge on any atom is -0.339 e. The van der Waals surface area contributed by atoms with Crippen LogP contribution in [0.4, 0.5) is 17.5 Å². The molecule has 3 rings (SSSR count). The molecule has 2 heterocycles. The molecule has 0 saturated heterocycles. The number of nitrogens with one attached hydrogen (secondary N) is 1. The number of nitrogens with zero attached hydrogens (tertiary/aromatic N) is 5. The van der Waals surface area contributed by atoms with Gasteiger partial charge in [-0.3, -0.25) is 0 Å². The predicted molar refractivity (Wildman–Crippen MR) is 97.7 cm³/mol. The number of hydrogen-bond donors (Lipinski definition) is 1. The summed E-state index contributed by atoms with van der Waals surface area (Å²) in [6.07, 6.45) is 3.26. The maximum atomic E-state index is 4.69. The second-order valence-corrected chi connectivity index (χ2v) is 6.85. The molecule has 1 aromatic carbocycles. The van der Waals surface area contributed by atoms with Gasteiger partial charge in [0.05, 0.1) is 6.20 Å². The Balaban J connectivity index is 2.05. The van der Waals surface area contributed by atoms with Gasteiger partial charge in [-0.2, -0.15) is 0 Å². The lowest BCUT2D eigenvalue weighted by Crippen LogP contribution is -2.39. The van der Waals surface area contributed by atoms with E-state index in [2.05, 4.69) is 65.1 Å². The third-order valence-electron chi connectivity index (χ3n) is 3.95. The Bertz CT molecular complexity index is 869. The van der Waals surface area contributed by atoms with Crippen LogP contribution >= 0.6 is 0 Å². The molecule has 0 radical (unpaired) electrons. The zero-order chi connectivity index (χ0) is 17.3. The van der Waals surface area contributed by atoms with E-state index < -0.39 is 0 Å². The van der Waals surface area contributed by atoms with Crippen LogP contribution in [0.2, 0.25) is 0 Å². The summed E-state index contributed by atoms with van der Waals surface area (Å²) in [5, 5.41) is 3.33. The summed E-state index contributed by atoms with van der Waals surface area (Å²) >= 11 is 0.